The van der Waals surface area contributed by atoms with E-state index in [0.29, 0.717) is 10.6 Å². The normalized spacial score (nSPS) is 10.4. The molecule has 1 aromatic carbocycles. The molecule has 0 aliphatic carbocycles. The highest BCUT2D eigenvalue weighted by Gasteiger charge is 2.13. The second-order valence-corrected chi connectivity index (χ2v) is 4.36. The quantitative estimate of drug-likeness (QED) is 0.802. The molecule has 17 heavy (non-hydrogen) atoms. The monoisotopic (exact) mass is 254 g/mol. The summed E-state index contributed by atoms with van der Waals surface area (Å²) in [7, 11) is 0. The fourth-order valence-corrected chi connectivity index (χ4v) is 1.56. The lowest BCUT2D eigenvalue weighted by Gasteiger charge is -2.09. The molecule has 0 fully saturated rings. The van der Waals surface area contributed by atoms with E-state index in [0.717, 1.165) is 0 Å². The van der Waals surface area contributed by atoms with Crippen molar-refractivity contribution in [3.05, 3.63) is 34.3 Å². The van der Waals surface area contributed by atoms with E-state index in [1.165, 1.54) is 12.1 Å². The van der Waals surface area contributed by atoms with Crippen LogP contribution in [0.25, 0.3) is 0 Å². The van der Waals surface area contributed by atoms with Crippen LogP contribution in [0.15, 0.2) is 18.2 Å². The first-order chi connectivity index (χ1) is 7.95. The molecule has 0 spiro atoms. The van der Waals surface area contributed by atoms with Gasteiger partial charge in [0.15, 0.2) is 5.78 Å². The molecule has 1 amide bonds. The van der Waals surface area contributed by atoms with Crippen LogP contribution in [-0.2, 0) is 0 Å². The van der Waals surface area contributed by atoms with Crippen LogP contribution in [0.1, 0.15) is 34.6 Å². The Morgan fingerprint density at radius 1 is 1.41 bits per heavy atom. The van der Waals surface area contributed by atoms with Crippen LogP contribution in [0.4, 0.5) is 0 Å². The third-order valence-electron chi connectivity index (χ3n) is 2.13. The number of benzene rings is 1. The van der Waals surface area contributed by atoms with E-state index < -0.39 is 0 Å². The Hall–Kier alpha value is -1.39. The van der Waals surface area contributed by atoms with Gasteiger partial charge in [-0.05, 0) is 32.0 Å². The van der Waals surface area contributed by atoms with Crippen molar-refractivity contribution < 1.29 is 9.59 Å². The Kier molecular flexibility index (Phi) is 4.66. The summed E-state index contributed by atoms with van der Waals surface area (Å²) >= 11 is 5.87. The average molecular weight is 255 g/mol. The number of ketones is 1. The summed E-state index contributed by atoms with van der Waals surface area (Å²) in [5.41, 5.74) is 5.96. The number of nitrogens with one attached hydrogen (secondary N) is 1. The van der Waals surface area contributed by atoms with Crippen molar-refractivity contribution >= 4 is 23.3 Å². The van der Waals surface area contributed by atoms with Gasteiger partial charge in [-0.2, -0.15) is 0 Å². The molecule has 3 N–H and O–H groups in total. The van der Waals surface area contributed by atoms with Gasteiger partial charge in [0.1, 0.15) is 0 Å². The van der Waals surface area contributed by atoms with Crippen molar-refractivity contribution in [1.29, 1.82) is 0 Å². The predicted octanol–water partition coefficient (Wildman–Crippen LogP) is 1.62. The third kappa shape index (κ3) is 3.54. The van der Waals surface area contributed by atoms with Crippen LogP contribution < -0.4 is 11.1 Å². The highest BCUT2D eigenvalue weighted by Crippen LogP contribution is 2.18. The Morgan fingerprint density at radius 2 is 2.06 bits per heavy atom. The molecule has 0 heterocycles. The van der Waals surface area contributed by atoms with Gasteiger partial charge in [0.25, 0.3) is 5.91 Å². The van der Waals surface area contributed by atoms with Crippen LogP contribution in [0, 0.1) is 0 Å². The van der Waals surface area contributed by atoms with Gasteiger partial charge in [0.2, 0.25) is 0 Å². The average Bonchev–Trinajstić information content (AvgIpc) is 2.27. The maximum atomic E-state index is 11.7. The Bertz CT molecular complexity index is 444. The third-order valence-corrected chi connectivity index (χ3v) is 2.46. The fourth-order valence-electron chi connectivity index (χ4n) is 1.34. The lowest BCUT2D eigenvalue weighted by atomic mass is 10.1. The number of carbonyl (C=O) groups excluding carboxylic acids is 2. The zero-order chi connectivity index (χ0) is 13.0. The van der Waals surface area contributed by atoms with Gasteiger partial charge in [0, 0.05) is 17.2 Å². The second kappa shape index (κ2) is 5.80. The number of hydrogen-bond donors (Lipinski definition) is 2. The van der Waals surface area contributed by atoms with Crippen LogP contribution in [0.5, 0.6) is 0 Å². The minimum absolute atomic E-state index is 0.0341. The summed E-state index contributed by atoms with van der Waals surface area (Å²) in [5, 5.41) is 3.05. The van der Waals surface area contributed by atoms with E-state index in [9.17, 15) is 9.59 Å². The topological polar surface area (TPSA) is 72.2 Å². The Balaban J connectivity index is 3.04. The van der Waals surface area contributed by atoms with Crippen molar-refractivity contribution in [3.63, 3.8) is 0 Å². The first kappa shape index (κ1) is 13.7. The van der Waals surface area contributed by atoms with E-state index in [4.69, 9.17) is 17.3 Å². The largest absolute Gasteiger partial charge is 0.350 e. The maximum absolute atomic E-state index is 11.7. The van der Waals surface area contributed by atoms with Crippen molar-refractivity contribution in [2.24, 2.45) is 5.73 Å². The zero-order valence-electron chi connectivity index (χ0n) is 9.79. The van der Waals surface area contributed by atoms with E-state index in [1.54, 1.807) is 6.07 Å². The van der Waals surface area contributed by atoms with Crippen molar-refractivity contribution in [2.75, 3.05) is 6.54 Å². The molecule has 0 radical (unpaired) electrons. The smallest absolute Gasteiger partial charge is 0.251 e. The first-order valence-corrected chi connectivity index (χ1v) is 5.67. The summed E-state index contributed by atoms with van der Waals surface area (Å²) in [6.45, 7) is 3.59. The zero-order valence-corrected chi connectivity index (χ0v) is 10.5. The van der Waals surface area contributed by atoms with Gasteiger partial charge >= 0.3 is 0 Å². The Labute approximate surface area is 105 Å². The standard InChI is InChI=1S/C12H15ClN2O2/c1-7(2)15-12(17)8-3-4-10(13)9(5-8)11(16)6-14/h3-5,7H,6,14H2,1-2H3,(H,15,17). The van der Waals surface area contributed by atoms with E-state index in [2.05, 4.69) is 5.32 Å². The molecule has 1 rings (SSSR count). The number of amides is 1. The number of hydrogen-bond acceptors (Lipinski definition) is 3. The van der Waals surface area contributed by atoms with Crippen LogP contribution in [0.3, 0.4) is 0 Å². The Morgan fingerprint density at radius 3 is 2.59 bits per heavy atom. The highest BCUT2D eigenvalue weighted by atomic mass is 35.5. The molecule has 5 heteroatoms. The number of carbonyl (C=O) groups is 2. The SMILES string of the molecule is CC(C)NC(=O)c1ccc(Cl)c(C(=O)CN)c1. The summed E-state index contributed by atoms with van der Waals surface area (Å²) in [6, 6.07) is 4.61. The molecule has 0 saturated carbocycles. The maximum Gasteiger partial charge on any atom is 0.251 e. The molecule has 0 atom stereocenters. The van der Waals surface area contributed by atoms with Gasteiger partial charge in [-0.3, -0.25) is 9.59 Å². The molecule has 0 aliphatic rings. The summed E-state index contributed by atoms with van der Waals surface area (Å²) in [4.78, 5) is 23.2. The lowest BCUT2D eigenvalue weighted by Crippen LogP contribution is -2.30. The van der Waals surface area contributed by atoms with Gasteiger partial charge in [-0.15, -0.1) is 0 Å². The van der Waals surface area contributed by atoms with Crippen molar-refractivity contribution in [1.82, 2.24) is 5.32 Å². The number of Topliss-reactive ketones (excluding diaryl/α,β-unsaturated/α-hetero) is 1. The minimum Gasteiger partial charge on any atom is -0.350 e. The molecule has 92 valence electrons. The van der Waals surface area contributed by atoms with Gasteiger partial charge in [0.05, 0.1) is 11.6 Å². The summed E-state index contributed by atoms with van der Waals surface area (Å²) < 4.78 is 0. The number of halogens is 1. The minimum atomic E-state index is -0.283. The van der Waals surface area contributed by atoms with Crippen molar-refractivity contribution in [3.8, 4) is 0 Å². The lowest BCUT2D eigenvalue weighted by molar-refractivity contribution is 0.0943. The molecule has 0 aliphatic heterocycles. The van der Waals surface area contributed by atoms with Crippen LogP contribution in [-0.4, -0.2) is 24.3 Å². The summed E-state index contributed by atoms with van der Waals surface area (Å²) in [5.74, 6) is -0.517. The molecule has 0 bridgehead atoms. The van der Waals surface area contributed by atoms with Crippen LogP contribution >= 0.6 is 11.6 Å². The highest BCUT2D eigenvalue weighted by molar-refractivity contribution is 6.34. The molecule has 0 saturated heterocycles. The van der Waals surface area contributed by atoms with E-state index in [-0.39, 0.29) is 29.8 Å². The number of rotatable bonds is 4. The number of nitrogens with two attached hydrogens (primary N) is 1. The molecule has 0 unspecified atom stereocenters. The first-order valence-electron chi connectivity index (χ1n) is 5.29. The molecule has 1 aromatic rings. The van der Waals surface area contributed by atoms with Gasteiger partial charge in [-0.25, -0.2) is 0 Å². The fraction of sp³-hybridized carbons (Fsp3) is 0.333. The van der Waals surface area contributed by atoms with Gasteiger partial charge < -0.3 is 11.1 Å². The molecule has 4 nitrogen and oxygen atoms in total. The molecular formula is C12H15ClN2O2. The second-order valence-electron chi connectivity index (χ2n) is 3.95. The van der Waals surface area contributed by atoms with Gasteiger partial charge in [-0.1, -0.05) is 11.6 Å². The van der Waals surface area contributed by atoms with E-state index >= 15 is 0 Å². The summed E-state index contributed by atoms with van der Waals surface area (Å²) in [6.07, 6.45) is 0. The molecule has 0 aromatic heterocycles. The molecular weight excluding hydrogens is 240 g/mol. The van der Waals surface area contributed by atoms with Crippen LogP contribution in [0.2, 0.25) is 5.02 Å². The van der Waals surface area contributed by atoms with Crippen molar-refractivity contribution in [2.45, 2.75) is 19.9 Å². The van der Waals surface area contributed by atoms with E-state index in [1.807, 2.05) is 13.8 Å². The predicted molar refractivity (Wildman–Crippen MR) is 67.4 cm³/mol.